The van der Waals surface area contributed by atoms with Gasteiger partial charge in [-0.3, -0.25) is 4.57 Å². The first kappa shape index (κ1) is 32.0. The summed E-state index contributed by atoms with van der Waals surface area (Å²) in [6.07, 6.45) is 1.87. The first-order chi connectivity index (χ1) is 28.3. The van der Waals surface area contributed by atoms with Crippen LogP contribution >= 0.6 is 11.3 Å². The zero-order chi connectivity index (χ0) is 37.5. The number of benzene rings is 8. The molecule has 57 heavy (non-hydrogen) atoms. The maximum atomic E-state index is 5.19. The molecule has 8 aromatic carbocycles. The van der Waals surface area contributed by atoms with E-state index in [0.717, 1.165) is 28.0 Å². The summed E-state index contributed by atoms with van der Waals surface area (Å²) in [6, 6.07) is 67.6. The third kappa shape index (κ3) is 4.99. The molecule has 4 aromatic heterocycles. The first-order valence-electron chi connectivity index (χ1n) is 19.2. The quantitative estimate of drug-likeness (QED) is 0.176. The van der Waals surface area contributed by atoms with Crippen molar-refractivity contribution in [1.82, 2.24) is 19.1 Å². The van der Waals surface area contributed by atoms with Gasteiger partial charge in [0.05, 0.1) is 27.8 Å². The Bertz CT molecular complexity index is 3520. The molecule has 266 valence electrons. The van der Waals surface area contributed by atoms with Crippen LogP contribution in [0.2, 0.25) is 0 Å². The molecule has 0 amide bonds. The molecule has 12 rings (SSSR count). The summed E-state index contributed by atoms with van der Waals surface area (Å²) < 4.78 is 7.20. The molecule has 0 aliphatic carbocycles. The van der Waals surface area contributed by atoms with E-state index in [2.05, 4.69) is 191 Å². The van der Waals surface area contributed by atoms with Crippen LogP contribution in [-0.4, -0.2) is 19.1 Å². The second kappa shape index (κ2) is 12.6. The van der Waals surface area contributed by atoms with Crippen LogP contribution < -0.4 is 0 Å². The van der Waals surface area contributed by atoms with Crippen molar-refractivity contribution in [3.8, 4) is 45.1 Å². The number of nitrogens with zero attached hydrogens (tertiary/aromatic N) is 4. The Hall–Kier alpha value is -7.34. The fourth-order valence-electron chi connectivity index (χ4n) is 8.79. The van der Waals surface area contributed by atoms with Crippen molar-refractivity contribution in [2.24, 2.45) is 0 Å². The van der Waals surface area contributed by atoms with Crippen molar-refractivity contribution in [1.29, 1.82) is 0 Å². The van der Waals surface area contributed by atoms with Crippen LogP contribution in [0.25, 0.3) is 109 Å². The second-order valence-electron chi connectivity index (χ2n) is 14.6. The van der Waals surface area contributed by atoms with Gasteiger partial charge in [-0.2, -0.15) is 0 Å². The summed E-state index contributed by atoms with van der Waals surface area (Å²) in [7, 11) is 0. The molecule has 0 aliphatic heterocycles. The van der Waals surface area contributed by atoms with Gasteiger partial charge in [0.15, 0.2) is 0 Å². The third-order valence-electron chi connectivity index (χ3n) is 11.4. The Kier molecular flexibility index (Phi) is 7.06. The summed E-state index contributed by atoms with van der Waals surface area (Å²) >= 11 is 1.86. The average molecular weight is 745 g/mol. The standard InChI is InChI=1S/C52H32N4S/c1-2-11-37(12-3-1)55-46-18-7-4-13-39(46)43-31-35(25-27-48(43)55)36-26-28-49-44(32-36)40-14-5-8-19-47(40)56(49)52-53-30-29-45(54-52)34-23-21-33(22-24-34)38-16-10-17-42-41-15-6-9-20-50(41)57-51(38)42/h1-32H. The molecule has 0 atom stereocenters. The van der Waals surface area contributed by atoms with E-state index >= 15 is 0 Å². The van der Waals surface area contributed by atoms with Crippen LogP contribution in [0.4, 0.5) is 0 Å². The van der Waals surface area contributed by atoms with Crippen molar-refractivity contribution in [2.75, 3.05) is 0 Å². The molecule has 0 unspecified atom stereocenters. The lowest BCUT2D eigenvalue weighted by Gasteiger charge is -2.10. The van der Waals surface area contributed by atoms with E-state index in [4.69, 9.17) is 9.97 Å². The zero-order valence-corrected chi connectivity index (χ0v) is 31.5. The Morgan fingerprint density at radius 2 is 0.947 bits per heavy atom. The van der Waals surface area contributed by atoms with Crippen molar-refractivity contribution in [3.05, 3.63) is 194 Å². The fraction of sp³-hybridized carbons (Fsp3) is 0. The van der Waals surface area contributed by atoms with Crippen molar-refractivity contribution < 1.29 is 0 Å². The molecule has 4 heterocycles. The van der Waals surface area contributed by atoms with E-state index in [-0.39, 0.29) is 0 Å². The monoisotopic (exact) mass is 744 g/mol. The van der Waals surface area contributed by atoms with Gasteiger partial charge in [-0.05, 0) is 82.9 Å². The van der Waals surface area contributed by atoms with Crippen LogP contribution in [0.5, 0.6) is 0 Å². The number of thiophene rings is 1. The molecule has 0 fully saturated rings. The second-order valence-corrected chi connectivity index (χ2v) is 15.7. The third-order valence-corrected chi connectivity index (χ3v) is 12.7. The molecule has 12 aromatic rings. The molecule has 0 N–H and O–H groups in total. The molecule has 0 bridgehead atoms. The number of aromatic nitrogens is 4. The van der Waals surface area contributed by atoms with Crippen LogP contribution in [0.3, 0.4) is 0 Å². The van der Waals surface area contributed by atoms with Crippen LogP contribution in [0.1, 0.15) is 0 Å². The van der Waals surface area contributed by atoms with E-state index < -0.39 is 0 Å². The van der Waals surface area contributed by atoms with Crippen molar-refractivity contribution in [3.63, 3.8) is 0 Å². The van der Waals surface area contributed by atoms with Gasteiger partial charge in [0.1, 0.15) is 0 Å². The predicted molar refractivity (Wildman–Crippen MR) is 240 cm³/mol. The highest BCUT2D eigenvalue weighted by atomic mass is 32.1. The van der Waals surface area contributed by atoms with Gasteiger partial charge in [-0.15, -0.1) is 11.3 Å². The molecule has 4 nitrogen and oxygen atoms in total. The molecule has 5 heteroatoms. The van der Waals surface area contributed by atoms with Gasteiger partial charge in [0, 0.05) is 59.2 Å². The Labute approximate surface area is 332 Å². The lowest BCUT2D eigenvalue weighted by Crippen LogP contribution is -2.01. The van der Waals surface area contributed by atoms with Gasteiger partial charge >= 0.3 is 0 Å². The summed E-state index contributed by atoms with van der Waals surface area (Å²) in [5.41, 5.74) is 12.5. The smallest absolute Gasteiger partial charge is 0.235 e. The summed E-state index contributed by atoms with van der Waals surface area (Å²) in [5.74, 6) is 0.653. The largest absolute Gasteiger partial charge is 0.309 e. The topological polar surface area (TPSA) is 35.6 Å². The van der Waals surface area contributed by atoms with Crippen molar-refractivity contribution in [2.45, 2.75) is 0 Å². The molecular formula is C52H32N4S. The van der Waals surface area contributed by atoms with E-state index in [1.165, 1.54) is 75.0 Å². The average Bonchev–Trinajstić information content (AvgIpc) is 3.94. The van der Waals surface area contributed by atoms with Gasteiger partial charge < -0.3 is 4.57 Å². The van der Waals surface area contributed by atoms with E-state index in [1.807, 2.05) is 23.6 Å². The lowest BCUT2D eigenvalue weighted by molar-refractivity contribution is 0.992. The maximum absolute atomic E-state index is 5.19. The number of hydrogen-bond donors (Lipinski definition) is 0. The normalized spacial score (nSPS) is 11.9. The summed E-state index contributed by atoms with van der Waals surface area (Å²) in [4.78, 5) is 10.0. The zero-order valence-electron chi connectivity index (χ0n) is 30.7. The fourth-order valence-corrected chi connectivity index (χ4v) is 10.0. The Morgan fingerprint density at radius 1 is 0.386 bits per heavy atom. The molecule has 0 saturated carbocycles. The highest BCUT2D eigenvalue weighted by Gasteiger charge is 2.18. The van der Waals surface area contributed by atoms with Crippen LogP contribution in [0, 0.1) is 0 Å². The number of para-hydroxylation sites is 3. The van der Waals surface area contributed by atoms with Gasteiger partial charge in [-0.1, -0.05) is 127 Å². The minimum atomic E-state index is 0.653. The number of rotatable bonds is 5. The number of fused-ring (bicyclic) bond motifs is 9. The molecule has 0 saturated heterocycles. The molecule has 0 aliphatic rings. The SMILES string of the molecule is c1ccc(-n2c3ccccc3c3cc(-c4ccc5c(c4)c4ccccc4n5-c4nccc(-c5ccc(-c6cccc7c6sc6ccccc67)cc5)n4)ccc32)cc1. The minimum absolute atomic E-state index is 0.653. The van der Waals surface area contributed by atoms with E-state index in [1.54, 1.807) is 0 Å². The Morgan fingerprint density at radius 3 is 1.68 bits per heavy atom. The van der Waals surface area contributed by atoms with Crippen molar-refractivity contribution >= 4 is 75.1 Å². The highest BCUT2D eigenvalue weighted by molar-refractivity contribution is 7.26. The molecule has 0 spiro atoms. The first-order valence-corrected chi connectivity index (χ1v) is 20.1. The minimum Gasteiger partial charge on any atom is -0.309 e. The summed E-state index contributed by atoms with van der Waals surface area (Å²) in [6.45, 7) is 0. The number of hydrogen-bond acceptors (Lipinski definition) is 3. The van der Waals surface area contributed by atoms with E-state index in [9.17, 15) is 0 Å². The van der Waals surface area contributed by atoms with Crippen LogP contribution in [0.15, 0.2) is 194 Å². The Balaban J connectivity index is 0.938. The van der Waals surface area contributed by atoms with E-state index in [0.29, 0.717) is 5.95 Å². The van der Waals surface area contributed by atoms with Gasteiger partial charge in [-0.25, -0.2) is 9.97 Å². The van der Waals surface area contributed by atoms with Crippen LogP contribution in [-0.2, 0) is 0 Å². The lowest BCUT2D eigenvalue weighted by atomic mass is 10.0. The maximum Gasteiger partial charge on any atom is 0.235 e. The molecule has 0 radical (unpaired) electrons. The molecular weight excluding hydrogens is 713 g/mol. The van der Waals surface area contributed by atoms with Gasteiger partial charge in [0.2, 0.25) is 5.95 Å². The highest BCUT2D eigenvalue weighted by Crippen LogP contribution is 2.41. The van der Waals surface area contributed by atoms with Gasteiger partial charge in [0.25, 0.3) is 0 Å². The predicted octanol–water partition coefficient (Wildman–Crippen LogP) is 14.0. The summed E-state index contributed by atoms with van der Waals surface area (Å²) in [5, 5.41) is 7.45.